The van der Waals surface area contributed by atoms with Crippen LogP contribution in [-0.4, -0.2) is 39.5 Å². The van der Waals surface area contributed by atoms with E-state index in [9.17, 15) is 8.42 Å². The van der Waals surface area contributed by atoms with Crippen LogP contribution in [0, 0.1) is 0 Å². The predicted molar refractivity (Wildman–Crippen MR) is 83.9 cm³/mol. The van der Waals surface area contributed by atoms with Gasteiger partial charge in [0.2, 0.25) is 10.0 Å². The first-order valence-electron chi connectivity index (χ1n) is 7.01. The molecule has 0 saturated carbocycles. The molecule has 0 fully saturated rings. The van der Waals surface area contributed by atoms with Crippen LogP contribution in [0.3, 0.4) is 0 Å². The summed E-state index contributed by atoms with van der Waals surface area (Å²) >= 11 is 0. The summed E-state index contributed by atoms with van der Waals surface area (Å²) in [4.78, 5) is 2.27. The van der Waals surface area contributed by atoms with Gasteiger partial charge in [-0.2, -0.15) is 0 Å². The van der Waals surface area contributed by atoms with Crippen molar-refractivity contribution in [3.8, 4) is 0 Å². The second kappa shape index (κ2) is 8.24. The van der Waals surface area contributed by atoms with Crippen LogP contribution < -0.4 is 10.5 Å². The monoisotopic (exact) mass is 299 g/mol. The van der Waals surface area contributed by atoms with E-state index in [1.165, 1.54) is 0 Å². The Bertz CT molecular complexity index is 482. The van der Waals surface area contributed by atoms with E-state index in [1.54, 1.807) is 24.3 Å². The Kier molecular flexibility index (Phi) is 6.98. The standard InChI is InChI=1S/C14H25N3O2S/c1-3-17(4-2)11-5-10-16-20(18,19)12-13-6-8-14(15)9-7-13/h6-9,16H,3-5,10-12,15H2,1-2H3. The summed E-state index contributed by atoms with van der Waals surface area (Å²) in [6.07, 6.45) is 0.822. The number of anilines is 1. The minimum atomic E-state index is -3.27. The van der Waals surface area contributed by atoms with Gasteiger partial charge < -0.3 is 10.6 Å². The van der Waals surface area contributed by atoms with E-state index < -0.39 is 10.0 Å². The molecule has 0 spiro atoms. The Labute approximate surface area is 122 Å². The van der Waals surface area contributed by atoms with Crippen molar-refractivity contribution in [2.75, 3.05) is 31.9 Å². The number of nitrogens with two attached hydrogens (primary N) is 1. The lowest BCUT2D eigenvalue weighted by molar-refractivity contribution is 0.300. The van der Waals surface area contributed by atoms with Crippen LogP contribution in [-0.2, 0) is 15.8 Å². The molecule has 3 N–H and O–H groups in total. The quantitative estimate of drug-likeness (QED) is 0.534. The number of nitrogens with one attached hydrogen (secondary N) is 1. The van der Waals surface area contributed by atoms with Crippen molar-refractivity contribution in [2.45, 2.75) is 26.0 Å². The van der Waals surface area contributed by atoms with Crippen molar-refractivity contribution >= 4 is 15.7 Å². The van der Waals surface area contributed by atoms with Gasteiger partial charge in [0.05, 0.1) is 5.75 Å². The zero-order valence-corrected chi connectivity index (χ0v) is 13.1. The average molecular weight is 299 g/mol. The molecule has 20 heavy (non-hydrogen) atoms. The van der Waals surface area contributed by atoms with Gasteiger partial charge >= 0.3 is 0 Å². The zero-order valence-electron chi connectivity index (χ0n) is 12.3. The summed E-state index contributed by atoms with van der Waals surface area (Å²) < 4.78 is 26.5. The minimum absolute atomic E-state index is 0.00144. The largest absolute Gasteiger partial charge is 0.399 e. The molecular weight excluding hydrogens is 274 g/mol. The maximum absolute atomic E-state index is 11.9. The molecule has 0 aliphatic heterocycles. The molecule has 0 radical (unpaired) electrons. The fraction of sp³-hybridized carbons (Fsp3) is 0.571. The normalized spacial score (nSPS) is 11.9. The summed E-state index contributed by atoms with van der Waals surface area (Å²) in [5.74, 6) is -0.00144. The molecule has 0 aliphatic carbocycles. The molecule has 0 atom stereocenters. The van der Waals surface area contributed by atoms with Gasteiger partial charge in [0.25, 0.3) is 0 Å². The Morgan fingerprint density at radius 3 is 2.30 bits per heavy atom. The van der Waals surface area contributed by atoms with E-state index in [0.717, 1.165) is 31.6 Å². The molecule has 6 heteroatoms. The smallest absolute Gasteiger partial charge is 0.215 e. The number of hydrogen-bond acceptors (Lipinski definition) is 4. The molecule has 1 rings (SSSR count). The van der Waals surface area contributed by atoms with Crippen LogP contribution >= 0.6 is 0 Å². The molecule has 1 aromatic rings. The van der Waals surface area contributed by atoms with Gasteiger partial charge in [0, 0.05) is 12.2 Å². The first kappa shape index (κ1) is 16.9. The SMILES string of the molecule is CCN(CC)CCCNS(=O)(=O)Cc1ccc(N)cc1. The summed E-state index contributed by atoms with van der Waals surface area (Å²) in [7, 11) is -3.27. The average Bonchev–Trinajstić information content (AvgIpc) is 2.41. The molecule has 0 saturated heterocycles. The van der Waals surface area contributed by atoms with Gasteiger partial charge in [-0.05, 0) is 43.8 Å². The lowest BCUT2D eigenvalue weighted by atomic mass is 10.2. The Hall–Kier alpha value is -1.11. The van der Waals surface area contributed by atoms with Crippen molar-refractivity contribution in [2.24, 2.45) is 0 Å². The van der Waals surface area contributed by atoms with Crippen molar-refractivity contribution in [1.82, 2.24) is 9.62 Å². The summed E-state index contributed by atoms with van der Waals surface area (Å²) in [5, 5.41) is 0. The van der Waals surface area contributed by atoms with E-state index in [-0.39, 0.29) is 5.75 Å². The maximum atomic E-state index is 11.9. The molecule has 0 bridgehead atoms. The van der Waals surface area contributed by atoms with E-state index in [2.05, 4.69) is 23.5 Å². The van der Waals surface area contributed by atoms with Crippen LogP contribution in [0.5, 0.6) is 0 Å². The number of benzene rings is 1. The third-order valence-corrected chi connectivity index (χ3v) is 4.56. The summed E-state index contributed by atoms with van der Waals surface area (Å²) in [6, 6.07) is 6.91. The Morgan fingerprint density at radius 1 is 1.15 bits per heavy atom. The third kappa shape index (κ3) is 6.36. The maximum Gasteiger partial charge on any atom is 0.215 e. The number of nitrogen functional groups attached to an aromatic ring is 1. The van der Waals surface area contributed by atoms with Crippen LogP contribution in [0.2, 0.25) is 0 Å². The van der Waals surface area contributed by atoms with Crippen molar-refractivity contribution in [1.29, 1.82) is 0 Å². The van der Waals surface area contributed by atoms with Crippen LogP contribution in [0.15, 0.2) is 24.3 Å². The Morgan fingerprint density at radius 2 is 1.75 bits per heavy atom. The molecule has 114 valence electrons. The second-order valence-corrected chi connectivity index (χ2v) is 6.58. The Balaban J connectivity index is 2.36. The van der Waals surface area contributed by atoms with Crippen LogP contribution in [0.25, 0.3) is 0 Å². The van der Waals surface area contributed by atoms with Gasteiger partial charge in [-0.3, -0.25) is 0 Å². The van der Waals surface area contributed by atoms with E-state index in [0.29, 0.717) is 12.2 Å². The molecule has 1 aromatic carbocycles. The highest BCUT2D eigenvalue weighted by atomic mass is 32.2. The van der Waals surface area contributed by atoms with Crippen molar-refractivity contribution in [3.63, 3.8) is 0 Å². The molecule has 0 aliphatic rings. The number of nitrogens with zero attached hydrogens (tertiary/aromatic N) is 1. The van der Waals surface area contributed by atoms with E-state index >= 15 is 0 Å². The van der Waals surface area contributed by atoms with E-state index in [4.69, 9.17) is 5.73 Å². The highest BCUT2D eigenvalue weighted by molar-refractivity contribution is 7.88. The highest BCUT2D eigenvalue weighted by Crippen LogP contribution is 2.08. The van der Waals surface area contributed by atoms with Crippen LogP contribution in [0.4, 0.5) is 5.69 Å². The summed E-state index contributed by atoms with van der Waals surface area (Å²) in [5.41, 5.74) is 6.96. The fourth-order valence-corrected chi connectivity index (χ4v) is 3.14. The first-order chi connectivity index (χ1) is 9.46. The molecule has 0 amide bonds. The predicted octanol–water partition coefficient (Wildman–Crippen LogP) is 1.42. The van der Waals surface area contributed by atoms with Crippen LogP contribution in [0.1, 0.15) is 25.8 Å². The van der Waals surface area contributed by atoms with Gasteiger partial charge in [0.1, 0.15) is 0 Å². The summed E-state index contributed by atoms with van der Waals surface area (Å²) in [6.45, 7) is 7.60. The van der Waals surface area contributed by atoms with Gasteiger partial charge in [-0.15, -0.1) is 0 Å². The topological polar surface area (TPSA) is 75.4 Å². The lowest BCUT2D eigenvalue weighted by Gasteiger charge is -2.17. The number of rotatable bonds is 9. The van der Waals surface area contributed by atoms with Gasteiger partial charge in [0.15, 0.2) is 0 Å². The number of sulfonamides is 1. The molecule has 0 unspecified atom stereocenters. The van der Waals surface area contributed by atoms with Gasteiger partial charge in [-0.25, -0.2) is 13.1 Å². The molecule has 5 nitrogen and oxygen atoms in total. The van der Waals surface area contributed by atoms with E-state index in [1.807, 2.05) is 0 Å². The fourth-order valence-electron chi connectivity index (χ4n) is 1.95. The molecular formula is C14H25N3O2S. The molecule has 0 heterocycles. The highest BCUT2D eigenvalue weighted by Gasteiger charge is 2.10. The second-order valence-electron chi connectivity index (χ2n) is 4.78. The number of hydrogen-bond donors (Lipinski definition) is 2. The van der Waals surface area contributed by atoms with Gasteiger partial charge in [-0.1, -0.05) is 26.0 Å². The van der Waals surface area contributed by atoms with Crippen molar-refractivity contribution in [3.05, 3.63) is 29.8 Å². The lowest BCUT2D eigenvalue weighted by Crippen LogP contribution is -2.30. The minimum Gasteiger partial charge on any atom is -0.399 e. The zero-order chi connectivity index (χ0) is 15.0. The third-order valence-electron chi connectivity index (χ3n) is 3.20. The molecule has 0 aromatic heterocycles. The van der Waals surface area contributed by atoms with Crippen molar-refractivity contribution < 1.29 is 8.42 Å². The first-order valence-corrected chi connectivity index (χ1v) is 8.66.